The van der Waals surface area contributed by atoms with Gasteiger partial charge in [-0.3, -0.25) is 4.79 Å². The number of carbonyl (C=O) groups excluding carboxylic acids is 1. The van der Waals surface area contributed by atoms with Crippen LogP contribution in [0.25, 0.3) is 0 Å². The Labute approximate surface area is 150 Å². The first-order valence-electron chi connectivity index (χ1n) is 8.42. The van der Waals surface area contributed by atoms with E-state index in [2.05, 4.69) is 15.5 Å². The van der Waals surface area contributed by atoms with Crippen molar-refractivity contribution in [2.24, 2.45) is 7.05 Å². The van der Waals surface area contributed by atoms with Crippen LogP contribution in [0, 0.1) is 0 Å². The smallest absolute Gasteiger partial charge is 0.234 e. The Morgan fingerprint density at radius 3 is 2.88 bits per heavy atom. The van der Waals surface area contributed by atoms with Gasteiger partial charge in [0, 0.05) is 31.1 Å². The van der Waals surface area contributed by atoms with E-state index in [4.69, 9.17) is 9.47 Å². The van der Waals surface area contributed by atoms with Crippen LogP contribution in [0.5, 0.6) is 11.5 Å². The fraction of sp³-hybridized carbons (Fsp3) is 0.471. The van der Waals surface area contributed by atoms with Crippen molar-refractivity contribution >= 4 is 23.4 Å². The molecule has 0 bridgehead atoms. The van der Waals surface area contributed by atoms with Gasteiger partial charge in [-0.15, -0.1) is 10.2 Å². The Morgan fingerprint density at radius 1 is 1.28 bits per heavy atom. The van der Waals surface area contributed by atoms with Crippen molar-refractivity contribution < 1.29 is 14.3 Å². The maximum atomic E-state index is 12.2. The van der Waals surface area contributed by atoms with Gasteiger partial charge in [0.15, 0.2) is 16.7 Å². The molecule has 25 heavy (non-hydrogen) atoms. The third-order valence-electron chi connectivity index (χ3n) is 4.17. The fourth-order valence-corrected chi connectivity index (χ4v) is 3.44. The molecule has 1 saturated carbocycles. The van der Waals surface area contributed by atoms with Crippen LogP contribution < -0.4 is 14.8 Å². The first-order chi connectivity index (χ1) is 12.2. The van der Waals surface area contributed by atoms with Gasteiger partial charge in [-0.25, -0.2) is 0 Å². The van der Waals surface area contributed by atoms with Gasteiger partial charge in [-0.05, 0) is 25.0 Å². The van der Waals surface area contributed by atoms with E-state index in [1.54, 1.807) is 6.07 Å². The summed E-state index contributed by atoms with van der Waals surface area (Å²) in [5.41, 5.74) is 0.700. The number of thioether (sulfide) groups is 1. The topological polar surface area (TPSA) is 78.3 Å². The minimum atomic E-state index is -0.0875. The minimum Gasteiger partial charge on any atom is -0.490 e. The van der Waals surface area contributed by atoms with E-state index in [0.717, 1.165) is 23.2 Å². The molecule has 0 saturated heterocycles. The number of anilines is 1. The van der Waals surface area contributed by atoms with Crippen LogP contribution in [0.4, 0.5) is 5.69 Å². The van der Waals surface area contributed by atoms with Gasteiger partial charge in [0.2, 0.25) is 5.91 Å². The highest BCUT2D eigenvalue weighted by atomic mass is 32.2. The molecule has 0 unspecified atom stereocenters. The van der Waals surface area contributed by atoms with E-state index >= 15 is 0 Å². The summed E-state index contributed by atoms with van der Waals surface area (Å²) in [6.45, 7) is 1.27. The quantitative estimate of drug-likeness (QED) is 0.826. The molecule has 0 radical (unpaired) electrons. The molecule has 7 nitrogen and oxygen atoms in total. The lowest BCUT2D eigenvalue weighted by Crippen LogP contribution is -2.14. The van der Waals surface area contributed by atoms with E-state index in [-0.39, 0.29) is 11.7 Å². The standard InChI is InChI=1S/C17H20N4O3S/c1-21-16(11-3-4-11)19-20-17(21)25-10-15(22)18-12-5-6-13-14(9-12)24-8-2-7-23-13/h5-6,9,11H,2-4,7-8,10H2,1H3,(H,18,22). The number of hydrogen-bond donors (Lipinski definition) is 1. The van der Waals surface area contributed by atoms with E-state index < -0.39 is 0 Å². The van der Waals surface area contributed by atoms with Gasteiger partial charge >= 0.3 is 0 Å². The number of aromatic nitrogens is 3. The lowest BCUT2D eigenvalue weighted by molar-refractivity contribution is -0.113. The number of nitrogens with zero attached hydrogens (tertiary/aromatic N) is 3. The molecule has 1 aromatic carbocycles. The number of amides is 1. The van der Waals surface area contributed by atoms with E-state index in [0.29, 0.717) is 30.6 Å². The number of fused-ring (bicyclic) bond motifs is 1. The molecule has 2 heterocycles. The van der Waals surface area contributed by atoms with Gasteiger partial charge in [0.25, 0.3) is 0 Å². The summed E-state index contributed by atoms with van der Waals surface area (Å²) in [6, 6.07) is 5.45. The summed E-state index contributed by atoms with van der Waals surface area (Å²) in [6.07, 6.45) is 3.22. The van der Waals surface area contributed by atoms with Crippen LogP contribution in [0.2, 0.25) is 0 Å². The predicted octanol–water partition coefficient (Wildman–Crippen LogP) is 2.58. The predicted molar refractivity (Wildman–Crippen MR) is 94.4 cm³/mol. The Morgan fingerprint density at radius 2 is 2.08 bits per heavy atom. The maximum absolute atomic E-state index is 12.2. The van der Waals surface area contributed by atoms with E-state index in [1.807, 2.05) is 23.7 Å². The van der Waals surface area contributed by atoms with Crippen molar-refractivity contribution in [1.29, 1.82) is 0 Å². The molecule has 1 aromatic heterocycles. The zero-order valence-electron chi connectivity index (χ0n) is 14.0. The van der Waals surface area contributed by atoms with Gasteiger partial charge in [-0.2, -0.15) is 0 Å². The van der Waals surface area contributed by atoms with Crippen LogP contribution in [0.15, 0.2) is 23.4 Å². The zero-order valence-corrected chi connectivity index (χ0v) is 14.8. The molecule has 0 spiro atoms. The summed E-state index contributed by atoms with van der Waals surface area (Å²) in [5.74, 6) is 3.15. The van der Waals surface area contributed by atoms with Crippen LogP contribution in [0.1, 0.15) is 31.0 Å². The molecule has 1 N–H and O–H groups in total. The molecule has 0 atom stereocenters. The number of nitrogens with one attached hydrogen (secondary N) is 1. The van der Waals surface area contributed by atoms with Crippen LogP contribution in [-0.4, -0.2) is 39.6 Å². The highest BCUT2D eigenvalue weighted by Gasteiger charge is 2.29. The second-order valence-electron chi connectivity index (χ2n) is 6.22. The Kier molecular flexibility index (Phi) is 4.52. The lowest BCUT2D eigenvalue weighted by Gasteiger charge is -2.10. The molecule has 2 aromatic rings. The van der Waals surface area contributed by atoms with Crippen molar-refractivity contribution in [3.8, 4) is 11.5 Å². The Hall–Kier alpha value is -2.22. The van der Waals surface area contributed by atoms with E-state index in [1.165, 1.54) is 24.6 Å². The highest BCUT2D eigenvalue weighted by Crippen LogP contribution is 2.39. The Balaban J connectivity index is 1.35. The van der Waals surface area contributed by atoms with Gasteiger partial charge < -0.3 is 19.4 Å². The molecule has 1 amide bonds. The average molecular weight is 360 g/mol. The zero-order chi connectivity index (χ0) is 17.2. The lowest BCUT2D eigenvalue weighted by atomic mass is 10.2. The van der Waals surface area contributed by atoms with Crippen molar-refractivity contribution in [3.63, 3.8) is 0 Å². The SMILES string of the molecule is Cn1c(SCC(=O)Nc2ccc3c(c2)OCCCO3)nnc1C1CC1. The number of benzene rings is 1. The van der Waals surface area contributed by atoms with Crippen molar-refractivity contribution in [3.05, 3.63) is 24.0 Å². The third-order valence-corrected chi connectivity index (χ3v) is 5.19. The summed E-state index contributed by atoms with van der Waals surface area (Å²) in [7, 11) is 1.96. The van der Waals surface area contributed by atoms with Gasteiger partial charge in [0.1, 0.15) is 5.82 Å². The molecule has 1 fully saturated rings. The maximum Gasteiger partial charge on any atom is 0.234 e. The summed E-state index contributed by atoms with van der Waals surface area (Å²) < 4.78 is 13.2. The second-order valence-corrected chi connectivity index (χ2v) is 7.17. The Bertz CT molecular complexity index is 788. The molecular formula is C17H20N4O3S. The molecular weight excluding hydrogens is 340 g/mol. The normalized spacial score (nSPS) is 16.4. The first kappa shape index (κ1) is 16.3. The highest BCUT2D eigenvalue weighted by molar-refractivity contribution is 7.99. The van der Waals surface area contributed by atoms with Crippen LogP contribution in [0.3, 0.4) is 0 Å². The molecule has 8 heteroatoms. The van der Waals surface area contributed by atoms with Gasteiger partial charge in [-0.1, -0.05) is 11.8 Å². The molecule has 2 aliphatic rings. The first-order valence-corrected chi connectivity index (χ1v) is 9.41. The largest absolute Gasteiger partial charge is 0.490 e. The average Bonchev–Trinajstić information content (AvgIpc) is 3.40. The summed E-state index contributed by atoms with van der Waals surface area (Å²) >= 11 is 1.39. The molecule has 1 aliphatic carbocycles. The fourth-order valence-electron chi connectivity index (χ4n) is 2.72. The van der Waals surface area contributed by atoms with Crippen molar-refractivity contribution in [1.82, 2.24) is 14.8 Å². The van der Waals surface area contributed by atoms with Crippen molar-refractivity contribution in [2.75, 3.05) is 24.3 Å². The van der Waals surface area contributed by atoms with Crippen LogP contribution >= 0.6 is 11.8 Å². The summed E-state index contributed by atoms with van der Waals surface area (Å²) in [4.78, 5) is 12.2. The van der Waals surface area contributed by atoms with Gasteiger partial charge in [0.05, 0.1) is 19.0 Å². The molecule has 132 valence electrons. The summed E-state index contributed by atoms with van der Waals surface area (Å²) in [5, 5.41) is 12.1. The minimum absolute atomic E-state index is 0.0875. The van der Waals surface area contributed by atoms with Crippen LogP contribution in [-0.2, 0) is 11.8 Å². The number of ether oxygens (including phenoxy) is 2. The second kappa shape index (κ2) is 6.95. The third kappa shape index (κ3) is 3.73. The number of rotatable bonds is 5. The number of hydrogen-bond acceptors (Lipinski definition) is 6. The molecule has 1 aliphatic heterocycles. The monoisotopic (exact) mass is 360 g/mol. The van der Waals surface area contributed by atoms with E-state index in [9.17, 15) is 4.79 Å². The molecule has 4 rings (SSSR count). The van der Waals surface area contributed by atoms with Crippen molar-refractivity contribution in [2.45, 2.75) is 30.3 Å². The number of carbonyl (C=O) groups is 1.